The number of amides is 1. The average molecular weight is 280 g/mol. The maximum atomic E-state index is 13.4. The molecule has 20 heavy (non-hydrogen) atoms. The lowest BCUT2D eigenvalue weighted by Gasteiger charge is -2.33. The first kappa shape index (κ1) is 14.8. The van der Waals surface area contributed by atoms with Crippen molar-refractivity contribution in [3.8, 4) is 5.75 Å². The Morgan fingerprint density at radius 2 is 2.30 bits per heavy atom. The third-order valence-corrected chi connectivity index (χ3v) is 3.61. The van der Waals surface area contributed by atoms with Crippen molar-refractivity contribution in [3.63, 3.8) is 0 Å². The van der Waals surface area contributed by atoms with Crippen molar-refractivity contribution < 1.29 is 13.9 Å². The number of nitrogens with two attached hydrogens (primary N) is 1. The largest absolute Gasteiger partial charge is 0.491 e. The predicted octanol–water partition coefficient (Wildman–Crippen LogP) is 2.18. The van der Waals surface area contributed by atoms with Crippen molar-refractivity contribution >= 4 is 5.91 Å². The minimum Gasteiger partial charge on any atom is -0.491 e. The maximum Gasteiger partial charge on any atom is 0.257 e. The van der Waals surface area contributed by atoms with Crippen molar-refractivity contribution in [1.29, 1.82) is 0 Å². The topological polar surface area (TPSA) is 55.6 Å². The fourth-order valence-electron chi connectivity index (χ4n) is 2.52. The summed E-state index contributed by atoms with van der Waals surface area (Å²) >= 11 is 0. The zero-order valence-corrected chi connectivity index (χ0v) is 11.8. The van der Waals surface area contributed by atoms with Gasteiger partial charge in [0.2, 0.25) is 0 Å². The first-order valence-electron chi connectivity index (χ1n) is 7.07. The molecule has 110 valence electrons. The summed E-state index contributed by atoms with van der Waals surface area (Å²) in [6.45, 7) is 3.40. The van der Waals surface area contributed by atoms with Crippen LogP contribution in [0.3, 0.4) is 0 Å². The van der Waals surface area contributed by atoms with Crippen molar-refractivity contribution in [3.05, 3.63) is 29.6 Å². The average Bonchev–Trinajstić information content (AvgIpc) is 2.46. The number of nitrogens with zero attached hydrogens (tertiary/aromatic N) is 1. The zero-order chi connectivity index (χ0) is 14.5. The molecule has 2 N–H and O–H groups in total. The number of benzene rings is 1. The summed E-state index contributed by atoms with van der Waals surface area (Å²) in [4.78, 5) is 14.4. The molecule has 1 saturated heterocycles. The molecular weight excluding hydrogens is 259 g/mol. The van der Waals surface area contributed by atoms with Crippen LogP contribution >= 0.6 is 0 Å². The Morgan fingerprint density at radius 1 is 1.50 bits per heavy atom. The smallest absolute Gasteiger partial charge is 0.257 e. The fourth-order valence-corrected chi connectivity index (χ4v) is 2.52. The first-order valence-corrected chi connectivity index (χ1v) is 7.07. The summed E-state index contributed by atoms with van der Waals surface area (Å²) in [5.74, 6) is -0.193. The van der Waals surface area contributed by atoms with E-state index in [-0.39, 0.29) is 17.5 Å². The van der Waals surface area contributed by atoms with Gasteiger partial charge in [0.25, 0.3) is 5.91 Å². The van der Waals surface area contributed by atoms with E-state index in [1.807, 2.05) is 6.92 Å². The lowest BCUT2D eigenvalue weighted by Crippen LogP contribution is -2.42. The van der Waals surface area contributed by atoms with Crippen molar-refractivity contribution in [1.82, 2.24) is 4.90 Å². The molecule has 2 rings (SSSR count). The molecule has 0 spiro atoms. The number of piperidine rings is 1. The molecule has 1 aromatic carbocycles. The van der Waals surface area contributed by atoms with E-state index in [9.17, 15) is 9.18 Å². The third kappa shape index (κ3) is 3.28. The number of likely N-dealkylation sites (tertiary alicyclic amines) is 1. The van der Waals surface area contributed by atoms with E-state index in [4.69, 9.17) is 10.5 Å². The minimum absolute atomic E-state index is 0.163. The van der Waals surface area contributed by atoms with E-state index in [1.165, 1.54) is 18.2 Å². The van der Waals surface area contributed by atoms with Gasteiger partial charge in [0.05, 0.1) is 5.56 Å². The van der Waals surface area contributed by atoms with Gasteiger partial charge in [-0.15, -0.1) is 0 Å². The monoisotopic (exact) mass is 280 g/mol. The molecule has 1 aromatic rings. The lowest BCUT2D eigenvalue weighted by atomic mass is 10.0. The van der Waals surface area contributed by atoms with Crippen LogP contribution in [-0.2, 0) is 0 Å². The molecule has 1 aliphatic rings. The van der Waals surface area contributed by atoms with Crippen LogP contribution in [0.15, 0.2) is 18.2 Å². The number of hydrogen-bond donors (Lipinski definition) is 1. The van der Waals surface area contributed by atoms with Gasteiger partial charge < -0.3 is 15.4 Å². The molecular formula is C15H21FN2O2. The summed E-state index contributed by atoms with van der Waals surface area (Å²) in [7, 11) is 0. The molecule has 1 heterocycles. The summed E-state index contributed by atoms with van der Waals surface area (Å²) in [6, 6.07) is 4.21. The van der Waals surface area contributed by atoms with Crippen LogP contribution in [0.1, 0.15) is 36.5 Å². The van der Waals surface area contributed by atoms with E-state index in [2.05, 4.69) is 0 Å². The Labute approximate surface area is 118 Å². The molecule has 1 unspecified atom stereocenters. The predicted molar refractivity (Wildman–Crippen MR) is 75.3 cm³/mol. The zero-order valence-electron chi connectivity index (χ0n) is 11.8. The van der Waals surface area contributed by atoms with E-state index in [0.717, 1.165) is 19.3 Å². The van der Waals surface area contributed by atoms with Gasteiger partial charge in [-0.05, 0) is 44.4 Å². The van der Waals surface area contributed by atoms with Gasteiger partial charge in [0.15, 0.2) is 0 Å². The molecule has 0 radical (unpaired) electrons. The highest BCUT2D eigenvalue weighted by Gasteiger charge is 2.26. The number of halogens is 1. The second-order valence-electron chi connectivity index (χ2n) is 5.12. The van der Waals surface area contributed by atoms with Gasteiger partial charge in [0.1, 0.15) is 18.2 Å². The summed E-state index contributed by atoms with van der Waals surface area (Å²) in [5, 5.41) is 0. The van der Waals surface area contributed by atoms with Crippen molar-refractivity contribution in [2.75, 3.05) is 19.7 Å². The minimum atomic E-state index is -0.432. The SMILES string of the molecule is CC1CCCCN1C(=O)c1cc(F)ccc1OCCN. The van der Waals surface area contributed by atoms with E-state index in [1.54, 1.807) is 4.90 Å². The van der Waals surface area contributed by atoms with Crippen LogP contribution in [-0.4, -0.2) is 36.5 Å². The van der Waals surface area contributed by atoms with Gasteiger partial charge in [-0.3, -0.25) is 4.79 Å². The highest BCUT2D eigenvalue weighted by molar-refractivity contribution is 5.97. The van der Waals surface area contributed by atoms with E-state index >= 15 is 0 Å². The number of carbonyl (C=O) groups is 1. The Morgan fingerprint density at radius 3 is 3.00 bits per heavy atom. The quantitative estimate of drug-likeness (QED) is 0.919. The number of hydrogen-bond acceptors (Lipinski definition) is 3. The lowest BCUT2D eigenvalue weighted by molar-refractivity contribution is 0.0631. The second-order valence-corrected chi connectivity index (χ2v) is 5.12. The van der Waals surface area contributed by atoms with Crippen LogP contribution in [0.2, 0.25) is 0 Å². The van der Waals surface area contributed by atoms with Crippen LogP contribution in [0.4, 0.5) is 4.39 Å². The third-order valence-electron chi connectivity index (χ3n) is 3.61. The first-order chi connectivity index (χ1) is 9.63. The van der Waals surface area contributed by atoms with Gasteiger partial charge >= 0.3 is 0 Å². The van der Waals surface area contributed by atoms with Crippen molar-refractivity contribution in [2.24, 2.45) is 5.73 Å². The summed E-state index contributed by atoms with van der Waals surface area (Å²) in [6.07, 6.45) is 3.11. The number of ether oxygens (including phenoxy) is 1. The Hall–Kier alpha value is -1.62. The van der Waals surface area contributed by atoms with E-state index in [0.29, 0.717) is 25.4 Å². The molecule has 1 atom stereocenters. The normalized spacial score (nSPS) is 18.9. The Balaban J connectivity index is 2.24. The second kappa shape index (κ2) is 6.70. The summed E-state index contributed by atoms with van der Waals surface area (Å²) < 4.78 is 18.9. The molecule has 0 aromatic heterocycles. The highest BCUT2D eigenvalue weighted by atomic mass is 19.1. The Kier molecular flexibility index (Phi) is 4.95. The molecule has 1 aliphatic heterocycles. The van der Waals surface area contributed by atoms with Crippen LogP contribution < -0.4 is 10.5 Å². The van der Waals surface area contributed by atoms with Crippen molar-refractivity contribution in [2.45, 2.75) is 32.2 Å². The highest BCUT2D eigenvalue weighted by Crippen LogP contribution is 2.25. The summed E-state index contributed by atoms with van der Waals surface area (Å²) in [5.41, 5.74) is 5.69. The molecule has 0 bridgehead atoms. The Bertz CT molecular complexity index is 479. The van der Waals surface area contributed by atoms with Crippen LogP contribution in [0.25, 0.3) is 0 Å². The maximum absolute atomic E-state index is 13.4. The fraction of sp³-hybridized carbons (Fsp3) is 0.533. The molecule has 1 amide bonds. The number of rotatable bonds is 4. The number of carbonyl (C=O) groups excluding carboxylic acids is 1. The molecule has 5 heteroatoms. The molecule has 4 nitrogen and oxygen atoms in total. The van der Waals surface area contributed by atoms with Gasteiger partial charge in [-0.2, -0.15) is 0 Å². The van der Waals surface area contributed by atoms with Gasteiger partial charge in [-0.1, -0.05) is 0 Å². The molecule has 0 aliphatic carbocycles. The van der Waals surface area contributed by atoms with Crippen LogP contribution in [0.5, 0.6) is 5.75 Å². The molecule has 1 fully saturated rings. The van der Waals surface area contributed by atoms with E-state index < -0.39 is 5.82 Å². The van der Waals surface area contributed by atoms with Crippen LogP contribution in [0, 0.1) is 5.82 Å². The van der Waals surface area contributed by atoms with Gasteiger partial charge in [0, 0.05) is 19.1 Å². The molecule has 0 saturated carbocycles. The standard InChI is InChI=1S/C15H21FN2O2/c1-11-4-2-3-8-18(11)15(19)13-10-12(16)5-6-14(13)20-9-7-17/h5-6,10-11H,2-4,7-9,17H2,1H3. The van der Waals surface area contributed by atoms with Gasteiger partial charge in [-0.25, -0.2) is 4.39 Å².